The third-order valence-electron chi connectivity index (χ3n) is 3.52. The van der Waals surface area contributed by atoms with Crippen LogP contribution in [0.2, 0.25) is 0 Å². The van der Waals surface area contributed by atoms with Gasteiger partial charge in [-0.2, -0.15) is 0 Å². The van der Waals surface area contributed by atoms with Crippen LogP contribution >= 0.6 is 0 Å². The first kappa shape index (κ1) is 13.8. The number of morpholine rings is 1. The van der Waals surface area contributed by atoms with Gasteiger partial charge in [-0.25, -0.2) is 4.98 Å². The lowest BCUT2D eigenvalue weighted by Gasteiger charge is -2.29. The summed E-state index contributed by atoms with van der Waals surface area (Å²) in [5.41, 5.74) is 1.74. The molecule has 0 spiro atoms. The normalized spacial score (nSPS) is 22.0. The number of nitrogens with zero attached hydrogens (tertiary/aromatic N) is 1. The molecule has 0 aliphatic carbocycles. The molecule has 3 N–H and O–H groups in total. The van der Waals surface area contributed by atoms with E-state index in [0.717, 1.165) is 17.1 Å². The second-order valence-electron chi connectivity index (χ2n) is 5.01. The molecule has 1 aliphatic heterocycles. The maximum atomic E-state index is 12.2. The molecule has 3 rings (SSSR count). The molecule has 1 amide bonds. The fraction of sp³-hybridized carbons (Fsp3) is 0.333. The summed E-state index contributed by atoms with van der Waals surface area (Å²) < 4.78 is 5.48. The monoisotopic (exact) mass is 286 g/mol. The SMILES string of the molecule is C[C@H]1OCCN[C@@H]1C(=O)Nc1ccc(-c2ncc[nH]2)cc1. The number of rotatable bonds is 3. The number of ether oxygens (including phenoxy) is 1. The highest BCUT2D eigenvalue weighted by molar-refractivity contribution is 5.95. The molecule has 1 saturated heterocycles. The van der Waals surface area contributed by atoms with Gasteiger partial charge < -0.3 is 20.4 Å². The van der Waals surface area contributed by atoms with Crippen LogP contribution in [0.5, 0.6) is 0 Å². The number of carbonyl (C=O) groups excluding carboxylic acids is 1. The van der Waals surface area contributed by atoms with Crippen molar-refractivity contribution in [3.05, 3.63) is 36.7 Å². The largest absolute Gasteiger partial charge is 0.375 e. The fourth-order valence-electron chi connectivity index (χ4n) is 2.38. The summed E-state index contributed by atoms with van der Waals surface area (Å²) in [4.78, 5) is 19.5. The Hall–Kier alpha value is -2.18. The highest BCUT2D eigenvalue weighted by atomic mass is 16.5. The predicted molar refractivity (Wildman–Crippen MR) is 79.9 cm³/mol. The van der Waals surface area contributed by atoms with Crippen LogP contribution in [0.15, 0.2) is 36.7 Å². The summed E-state index contributed by atoms with van der Waals surface area (Å²) in [6, 6.07) is 7.25. The molecule has 2 aromatic rings. The predicted octanol–water partition coefficient (Wildman–Crippen LogP) is 1.39. The van der Waals surface area contributed by atoms with Crippen molar-refractivity contribution in [1.29, 1.82) is 0 Å². The van der Waals surface area contributed by atoms with Crippen molar-refractivity contribution in [2.75, 3.05) is 18.5 Å². The molecule has 1 fully saturated rings. The van der Waals surface area contributed by atoms with Crippen molar-refractivity contribution in [2.45, 2.75) is 19.1 Å². The number of hydrogen-bond donors (Lipinski definition) is 3. The van der Waals surface area contributed by atoms with Gasteiger partial charge in [0.1, 0.15) is 11.9 Å². The number of aromatic nitrogens is 2. The van der Waals surface area contributed by atoms with E-state index in [0.29, 0.717) is 13.2 Å². The summed E-state index contributed by atoms with van der Waals surface area (Å²) >= 11 is 0. The summed E-state index contributed by atoms with van der Waals surface area (Å²) in [5.74, 6) is 0.733. The van der Waals surface area contributed by atoms with Crippen molar-refractivity contribution in [1.82, 2.24) is 15.3 Å². The molecular formula is C15H18N4O2. The Labute approximate surface area is 122 Å². The van der Waals surface area contributed by atoms with E-state index in [9.17, 15) is 4.79 Å². The minimum atomic E-state index is -0.316. The molecule has 6 heteroatoms. The van der Waals surface area contributed by atoms with Gasteiger partial charge in [0.05, 0.1) is 12.7 Å². The second-order valence-corrected chi connectivity index (χ2v) is 5.01. The van der Waals surface area contributed by atoms with Gasteiger partial charge in [-0.15, -0.1) is 0 Å². The first-order valence-corrected chi connectivity index (χ1v) is 7.00. The quantitative estimate of drug-likeness (QED) is 0.796. The summed E-state index contributed by atoms with van der Waals surface area (Å²) in [6.07, 6.45) is 3.36. The molecule has 0 unspecified atom stereocenters. The van der Waals surface area contributed by atoms with Gasteiger partial charge in [-0.3, -0.25) is 4.79 Å². The van der Waals surface area contributed by atoms with E-state index < -0.39 is 0 Å². The molecule has 2 heterocycles. The van der Waals surface area contributed by atoms with Crippen molar-refractivity contribution in [3.8, 4) is 11.4 Å². The molecular weight excluding hydrogens is 268 g/mol. The average Bonchev–Trinajstić information content (AvgIpc) is 3.02. The molecule has 1 aliphatic rings. The van der Waals surface area contributed by atoms with Crippen LogP contribution < -0.4 is 10.6 Å². The van der Waals surface area contributed by atoms with Crippen LogP contribution in [0.3, 0.4) is 0 Å². The number of nitrogens with one attached hydrogen (secondary N) is 3. The van der Waals surface area contributed by atoms with E-state index in [1.807, 2.05) is 31.2 Å². The number of carbonyl (C=O) groups is 1. The molecule has 21 heavy (non-hydrogen) atoms. The molecule has 0 saturated carbocycles. The van der Waals surface area contributed by atoms with Crippen LogP contribution in [-0.2, 0) is 9.53 Å². The van der Waals surface area contributed by atoms with Gasteiger partial charge in [0, 0.05) is 30.2 Å². The molecule has 6 nitrogen and oxygen atoms in total. The molecule has 2 atom stereocenters. The van der Waals surface area contributed by atoms with Crippen molar-refractivity contribution in [2.24, 2.45) is 0 Å². The first-order valence-electron chi connectivity index (χ1n) is 7.00. The molecule has 110 valence electrons. The zero-order chi connectivity index (χ0) is 14.7. The van der Waals surface area contributed by atoms with Gasteiger partial charge in [0.2, 0.25) is 5.91 Å². The van der Waals surface area contributed by atoms with E-state index >= 15 is 0 Å². The molecule has 0 radical (unpaired) electrons. The highest BCUT2D eigenvalue weighted by Gasteiger charge is 2.28. The summed E-state index contributed by atoms with van der Waals surface area (Å²) in [7, 11) is 0. The van der Waals surface area contributed by atoms with Crippen molar-refractivity contribution < 1.29 is 9.53 Å². The maximum absolute atomic E-state index is 12.2. The Morgan fingerprint density at radius 2 is 2.19 bits per heavy atom. The van der Waals surface area contributed by atoms with Gasteiger partial charge in [-0.05, 0) is 31.2 Å². The van der Waals surface area contributed by atoms with Crippen LogP contribution in [0.4, 0.5) is 5.69 Å². The van der Waals surface area contributed by atoms with Crippen LogP contribution in [-0.4, -0.2) is 41.2 Å². The summed E-state index contributed by atoms with van der Waals surface area (Å²) in [6.45, 7) is 3.24. The number of H-pyrrole nitrogens is 1. The van der Waals surface area contributed by atoms with Crippen molar-refractivity contribution >= 4 is 11.6 Å². The molecule has 1 aromatic carbocycles. The average molecular weight is 286 g/mol. The Kier molecular flexibility index (Phi) is 3.98. The molecule has 1 aromatic heterocycles. The van der Waals surface area contributed by atoms with Crippen LogP contribution in [0.1, 0.15) is 6.92 Å². The Morgan fingerprint density at radius 3 is 2.86 bits per heavy atom. The van der Waals surface area contributed by atoms with Crippen LogP contribution in [0, 0.1) is 0 Å². The van der Waals surface area contributed by atoms with E-state index in [2.05, 4.69) is 20.6 Å². The third-order valence-corrected chi connectivity index (χ3v) is 3.52. The number of imidazole rings is 1. The van der Waals surface area contributed by atoms with Gasteiger partial charge in [0.15, 0.2) is 0 Å². The number of benzene rings is 1. The zero-order valence-electron chi connectivity index (χ0n) is 11.8. The van der Waals surface area contributed by atoms with E-state index in [1.54, 1.807) is 12.4 Å². The van der Waals surface area contributed by atoms with E-state index in [-0.39, 0.29) is 18.1 Å². The smallest absolute Gasteiger partial charge is 0.244 e. The van der Waals surface area contributed by atoms with Gasteiger partial charge in [0.25, 0.3) is 0 Å². The Bertz CT molecular complexity index is 595. The minimum absolute atomic E-state index is 0.0760. The van der Waals surface area contributed by atoms with Gasteiger partial charge in [-0.1, -0.05) is 0 Å². The lowest BCUT2D eigenvalue weighted by atomic mass is 10.1. The van der Waals surface area contributed by atoms with Crippen molar-refractivity contribution in [3.63, 3.8) is 0 Å². The number of amides is 1. The standard InChI is InChI=1S/C15H18N4O2/c1-10-13(16-8-9-21-10)15(20)19-12-4-2-11(3-5-12)14-17-6-7-18-14/h2-7,10,13,16H,8-9H2,1H3,(H,17,18)(H,19,20)/t10-,13+/m1/s1. The van der Waals surface area contributed by atoms with E-state index in [4.69, 9.17) is 4.74 Å². The summed E-state index contributed by atoms with van der Waals surface area (Å²) in [5, 5.41) is 6.07. The lowest BCUT2D eigenvalue weighted by molar-refractivity contribution is -0.123. The zero-order valence-corrected chi connectivity index (χ0v) is 11.8. The second kappa shape index (κ2) is 6.07. The number of anilines is 1. The molecule has 0 bridgehead atoms. The fourth-order valence-corrected chi connectivity index (χ4v) is 2.38. The third kappa shape index (κ3) is 3.12. The Morgan fingerprint density at radius 1 is 1.38 bits per heavy atom. The first-order chi connectivity index (χ1) is 10.2. The number of aromatic amines is 1. The Balaban J connectivity index is 1.66. The van der Waals surface area contributed by atoms with Crippen LogP contribution in [0.25, 0.3) is 11.4 Å². The minimum Gasteiger partial charge on any atom is -0.375 e. The number of hydrogen-bond acceptors (Lipinski definition) is 4. The maximum Gasteiger partial charge on any atom is 0.244 e. The van der Waals surface area contributed by atoms with E-state index in [1.165, 1.54) is 0 Å². The highest BCUT2D eigenvalue weighted by Crippen LogP contribution is 2.18. The topological polar surface area (TPSA) is 79.0 Å². The lowest BCUT2D eigenvalue weighted by Crippen LogP contribution is -2.53. The van der Waals surface area contributed by atoms with Gasteiger partial charge >= 0.3 is 0 Å².